The average Bonchev–Trinajstić information content (AvgIpc) is 2.48. The number of β-amino-alcohol motifs (C(OH)–C–C–N with tert-alkyl or cyclic N) is 1. The first-order chi connectivity index (χ1) is 10.5. The quantitative estimate of drug-likeness (QED) is 0.807. The Hall–Kier alpha value is -1.63. The number of ether oxygens (including phenoxy) is 1. The van der Waals surface area contributed by atoms with Crippen LogP contribution in [0.4, 0.5) is 5.69 Å². The third kappa shape index (κ3) is 5.63. The Labute approximate surface area is 131 Å². The SMILES string of the molecule is CC(=O)Nc1ccc(OC[C@H](O)CN2CCN(C)CC2)cc1. The maximum atomic E-state index is 10.9. The van der Waals surface area contributed by atoms with E-state index in [9.17, 15) is 9.90 Å². The minimum atomic E-state index is -0.501. The van der Waals surface area contributed by atoms with Gasteiger partial charge in [-0.15, -0.1) is 0 Å². The molecule has 0 spiro atoms. The van der Waals surface area contributed by atoms with Crippen molar-refractivity contribution in [3.8, 4) is 5.75 Å². The summed E-state index contributed by atoms with van der Waals surface area (Å²) in [4.78, 5) is 15.5. The molecule has 1 aliphatic heterocycles. The number of hydrogen-bond donors (Lipinski definition) is 2. The number of aliphatic hydroxyl groups is 1. The molecule has 6 nitrogen and oxygen atoms in total. The number of nitrogens with one attached hydrogen (secondary N) is 1. The van der Waals surface area contributed by atoms with E-state index in [0.717, 1.165) is 31.9 Å². The number of anilines is 1. The first kappa shape index (κ1) is 16.7. The van der Waals surface area contributed by atoms with Crippen LogP contribution in [0.3, 0.4) is 0 Å². The predicted octanol–water partition coefficient (Wildman–Crippen LogP) is 0.632. The largest absolute Gasteiger partial charge is 0.491 e. The van der Waals surface area contributed by atoms with Gasteiger partial charge >= 0.3 is 0 Å². The standard InChI is InChI=1S/C16H25N3O3/c1-13(20)17-14-3-5-16(6-4-14)22-12-15(21)11-19-9-7-18(2)8-10-19/h3-6,15,21H,7-12H2,1-2H3,(H,17,20)/t15-/m1/s1. The summed E-state index contributed by atoms with van der Waals surface area (Å²) < 4.78 is 5.59. The van der Waals surface area contributed by atoms with Gasteiger partial charge in [0, 0.05) is 45.3 Å². The van der Waals surface area contributed by atoms with Gasteiger partial charge in [0.1, 0.15) is 18.5 Å². The molecule has 0 saturated carbocycles. The summed E-state index contributed by atoms with van der Waals surface area (Å²) in [5.41, 5.74) is 0.734. The number of nitrogens with zero attached hydrogens (tertiary/aromatic N) is 2. The van der Waals surface area contributed by atoms with Gasteiger partial charge < -0.3 is 20.1 Å². The molecule has 2 rings (SSSR count). The van der Waals surface area contributed by atoms with Crippen molar-refractivity contribution in [2.24, 2.45) is 0 Å². The number of aliphatic hydroxyl groups excluding tert-OH is 1. The Morgan fingerprint density at radius 2 is 1.91 bits per heavy atom. The highest BCUT2D eigenvalue weighted by Gasteiger charge is 2.17. The predicted molar refractivity (Wildman–Crippen MR) is 86.2 cm³/mol. The van der Waals surface area contributed by atoms with Crippen molar-refractivity contribution in [2.45, 2.75) is 13.0 Å². The number of hydrogen-bond acceptors (Lipinski definition) is 5. The van der Waals surface area contributed by atoms with Crippen LogP contribution < -0.4 is 10.1 Å². The third-order valence-electron chi connectivity index (χ3n) is 3.68. The second-order valence-corrected chi connectivity index (χ2v) is 5.77. The fourth-order valence-corrected chi connectivity index (χ4v) is 2.41. The lowest BCUT2D eigenvalue weighted by atomic mass is 10.2. The maximum absolute atomic E-state index is 10.9. The van der Waals surface area contributed by atoms with Gasteiger partial charge in [-0.2, -0.15) is 0 Å². The van der Waals surface area contributed by atoms with Gasteiger partial charge in [-0.05, 0) is 31.3 Å². The highest BCUT2D eigenvalue weighted by molar-refractivity contribution is 5.88. The number of rotatable bonds is 6. The lowest BCUT2D eigenvalue weighted by Crippen LogP contribution is -2.47. The van der Waals surface area contributed by atoms with Crippen LogP contribution in [-0.2, 0) is 4.79 Å². The normalized spacial score (nSPS) is 18.0. The van der Waals surface area contributed by atoms with Gasteiger partial charge in [0.05, 0.1) is 0 Å². The first-order valence-corrected chi connectivity index (χ1v) is 7.62. The van der Waals surface area contributed by atoms with Crippen LogP contribution in [0.15, 0.2) is 24.3 Å². The summed E-state index contributed by atoms with van der Waals surface area (Å²) in [7, 11) is 2.11. The van der Waals surface area contributed by atoms with Gasteiger partial charge in [-0.25, -0.2) is 0 Å². The Morgan fingerprint density at radius 3 is 2.50 bits per heavy atom. The van der Waals surface area contributed by atoms with Crippen LogP contribution in [0, 0.1) is 0 Å². The number of amides is 1. The monoisotopic (exact) mass is 307 g/mol. The molecule has 0 radical (unpaired) electrons. The molecule has 22 heavy (non-hydrogen) atoms. The third-order valence-corrected chi connectivity index (χ3v) is 3.68. The molecule has 1 aromatic carbocycles. The summed E-state index contributed by atoms with van der Waals surface area (Å²) in [5.74, 6) is 0.586. The van der Waals surface area contributed by atoms with Crippen molar-refractivity contribution in [3.63, 3.8) is 0 Å². The van der Waals surface area contributed by atoms with Crippen LogP contribution >= 0.6 is 0 Å². The van der Waals surface area contributed by atoms with Crippen molar-refractivity contribution < 1.29 is 14.6 Å². The summed E-state index contributed by atoms with van der Waals surface area (Å²) in [6.07, 6.45) is -0.501. The van der Waals surface area contributed by atoms with Crippen LogP contribution in [0.2, 0.25) is 0 Å². The fraction of sp³-hybridized carbons (Fsp3) is 0.562. The van der Waals surface area contributed by atoms with Gasteiger partial charge in [0.2, 0.25) is 5.91 Å². The van der Waals surface area contributed by atoms with Crippen LogP contribution in [0.5, 0.6) is 5.75 Å². The lowest BCUT2D eigenvalue weighted by molar-refractivity contribution is -0.114. The van der Waals surface area contributed by atoms with Gasteiger partial charge in [0.25, 0.3) is 0 Å². The molecule has 1 heterocycles. The summed E-state index contributed by atoms with van der Waals surface area (Å²) in [6, 6.07) is 7.13. The molecule has 2 N–H and O–H groups in total. The van der Waals surface area contributed by atoms with Gasteiger partial charge in [-0.3, -0.25) is 9.69 Å². The van der Waals surface area contributed by atoms with Crippen molar-refractivity contribution in [3.05, 3.63) is 24.3 Å². The van der Waals surface area contributed by atoms with E-state index in [2.05, 4.69) is 22.2 Å². The molecule has 0 aromatic heterocycles. The number of carbonyl (C=O) groups excluding carboxylic acids is 1. The number of piperazine rings is 1. The molecular formula is C16H25N3O3. The molecule has 1 aliphatic rings. The van der Waals surface area contributed by atoms with Gasteiger partial charge in [0.15, 0.2) is 0 Å². The molecule has 1 saturated heterocycles. The number of benzene rings is 1. The molecule has 1 fully saturated rings. The van der Waals surface area contributed by atoms with Crippen molar-refractivity contribution in [1.82, 2.24) is 9.80 Å². The van der Waals surface area contributed by atoms with Crippen molar-refractivity contribution >= 4 is 11.6 Å². The molecule has 1 aromatic rings. The molecule has 1 atom stereocenters. The van der Waals surface area contributed by atoms with E-state index in [1.165, 1.54) is 6.92 Å². The van der Waals surface area contributed by atoms with E-state index in [4.69, 9.17) is 4.74 Å². The van der Waals surface area contributed by atoms with E-state index in [0.29, 0.717) is 12.3 Å². The molecule has 0 unspecified atom stereocenters. The zero-order chi connectivity index (χ0) is 15.9. The zero-order valence-corrected chi connectivity index (χ0v) is 13.3. The summed E-state index contributed by atoms with van der Waals surface area (Å²) in [5, 5.41) is 12.8. The Morgan fingerprint density at radius 1 is 1.27 bits per heavy atom. The minimum absolute atomic E-state index is 0.101. The minimum Gasteiger partial charge on any atom is -0.491 e. The second kappa shape index (κ2) is 8.12. The van der Waals surface area contributed by atoms with Crippen LogP contribution in [0.1, 0.15) is 6.92 Å². The Bertz CT molecular complexity index is 470. The molecule has 122 valence electrons. The van der Waals surface area contributed by atoms with Crippen molar-refractivity contribution in [2.75, 3.05) is 51.7 Å². The maximum Gasteiger partial charge on any atom is 0.221 e. The summed E-state index contributed by atoms with van der Waals surface area (Å²) >= 11 is 0. The Kier molecular flexibility index (Phi) is 6.18. The summed E-state index contributed by atoms with van der Waals surface area (Å²) in [6.45, 7) is 6.43. The molecule has 0 bridgehead atoms. The number of likely N-dealkylation sites (N-methyl/N-ethyl adjacent to an activating group) is 1. The van der Waals surface area contributed by atoms with E-state index >= 15 is 0 Å². The van der Waals surface area contributed by atoms with E-state index < -0.39 is 6.10 Å². The highest BCUT2D eigenvalue weighted by atomic mass is 16.5. The number of carbonyl (C=O) groups is 1. The van der Waals surface area contributed by atoms with Crippen molar-refractivity contribution in [1.29, 1.82) is 0 Å². The molecular weight excluding hydrogens is 282 g/mol. The second-order valence-electron chi connectivity index (χ2n) is 5.77. The molecule has 0 aliphatic carbocycles. The van der Waals surface area contributed by atoms with Crippen LogP contribution in [0.25, 0.3) is 0 Å². The van der Waals surface area contributed by atoms with E-state index in [-0.39, 0.29) is 12.5 Å². The lowest BCUT2D eigenvalue weighted by Gasteiger charge is -2.33. The highest BCUT2D eigenvalue weighted by Crippen LogP contribution is 2.16. The van der Waals surface area contributed by atoms with Gasteiger partial charge in [-0.1, -0.05) is 0 Å². The first-order valence-electron chi connectivity index (χ1n) is 7.62. The smallest absolute Gasteiger partial charge is 0.221 e. The van der Waals surface area contributed by atoms with Crippen LogP contribution in [-0.4, -0.2) is 73.3 Å². The van der Waals surface area contributed by atoms with E-state index in [1.54, 1.807) is 24.3 Å². The Balaban J connectivity index is 1.71. The fourth-order valence-electron chi connectivity index (χ4n) is 2.41. The molecule has 1 amide bonds. The average molecular weight is 307 g/mol. The topological polar surface area (TPSA) is 65.0 Å². The molecule has 6 heteroatoms. The van der Waals surface area contributed by atoms with E-state index in [1.807, 2.05) is 0 Å². The zero-order valence-electron chi connectivity index (χ0n) is 13.3.